The number of rotatable bonds is 15. The SMILES string of the molecule is CC(=O)C[C@@H](CC(C)C)C(=O)N[C@@H](CCC(=O)O)C(=O)N1CCCC1C(=O)N[C@H](C=O)CC(=O)O. The van der Waals surface area contributed by atoms with Crippen molar-refractivity contribution in [3.63, 3.8) is 0 Å². The van der Waals surface area contributed by atoms with Crippen LogP contribution in [0.1, 0.15) is 65.7 Å². The summed E-state index contributed by atoms with van der Waals surface area (Å²) in [7, 11) is 0. The van der Waals surface area contributed by atoms with E-state index in [1.165, 1.54) is 11.8 Å². The Morgan fingerprint density at radius 1 is 1.03 bits per heavy atom. The van der Waals surface area contributed by atoms with Crippen molar-refractivity contribution < 1.29 is 43.8 Å². The molecule has 1 rings (SSSR count). The molecule has 0 saturated carbocycles. The Labute approximate surface area is 203 Å². The van der Waals surface area contributed by atoms with Gasteiger partial charge in [0.2, 0.25) is 17.7 Å². The maximum Gasteiger partial charge on any atom is 0.305 e. The third kappa shape index (κ3) is 10.2. The lowest BCUT2D eigenvalue weighted by molar-refractivity contribution is -0.144. The van der Waals surface area contributed by atoms with Crippen LogP contribution in [0.5, 0.6) is 0 Å². The quantitative estimate of drug-likeness (QED) is 0.228. The van der Waals surface area contributed by atoms with Crippen LogP contribution < -0.4 is 10.6 Å². The number of aliphatic carboxylic acids is 2. The first-order chi connectivity index (χ1) is 16.3. The van der Waals surface area contributed by atoms with Crippen LogP contribution in [0.15, 0.2) is 0 Å². The van der Waals surface area contributed by atoms with Crippen molar-refractivity contribution in [1.82, 2.24) is 15.5 Å². The molecule has 0 aromatic heterocycles. The van der Waals surface area contributed by atoms with Gasteiger partial charge in [0.25, 0.3) is 0 Å². The number of carboxylic acids is 2. The van der Waals surface area contributed by atoms with Crippen LogP contribution in [0.25, 0.3) is 0 Å². The molecule has 4 atom stereocenters. The fraction of sp³-hybridized carbons (Fsp3) is 0.696. The molecule has 0 aromatic carbocycles. The van der Waals surface area contributed by atoms with Crippen LogP contribution in [0.2, 0.25) is 0 Å². The molecule has 196 valence electrons. The largest absolute Gasteiger partial charge is 0.481 e. The first kappa shape index (κ1) is 29.7. The summed E-state index contributed by atoms with van der Waals surface area (Å²) in [5, 5.41) is 22.9. The number of Topliss-reactive ketones (excluding diaryl/α,β-unsaturated/α-hetero) is 1. The molecule has 1 heterocycles. The smallest absolute Gasteiger partial charge is 0.305 e. The average molecular weight is 498 g/mol. The topological polar surface area (TPSA) is 187 Å². The molecule has 0 aromatic rings. The highest BCUT2D eigenvalue weighted by molar-refractivity contribution is 5.94. The number of carbonyl (C=O) groups is 7. The summed E-state index contributed by atoms with van der Waals surface area (Å²) in [5.41, 5.74) is 0. The Morgan fingerprint density at radius 2 is 1.69 bits per heavy atom. The standard InChI is InChI=1S/C23H35N3O9/c1-13(2)9-15(10-14(3)28)21(33)25-17(6-7-19(29)30)23(35)26-8-4-5-18(26)22(34)24-16(12-27)11-20(31)32/h12-13,15-18H,4-11H2,1-3H3,(H,24,34)(H,25,33)(H,29,30)(H,31,32)/t15-,16+,17+,18?/m1/s1. The molecule has 1 fully saturated rings. The van der Waals surface area contributed by atoms with Crippen molar-refractivity contribution in [1.29, 1.82) is 0 Å². The molecule has 1 unspecified atom stereocenters. The third-order valence-electron chi connectivity index (χ3n) is 5.65. The Balaban J connectivity index is 3.05. The number of likely N-dealkylation sites (tertiary alicyclic amines) is 1. The van der Waals surface area contributed by atoms with E-state index >= 15 is 0 Å². The second-order valence-electron chi connectivity index (χ2n) is 9.26. The van der Waals surface area contributed by atoms with Gasteiger partial charge in [0.05, 0.1) is 12.5 Å². The number of nitrogens with one attached hydrogen (secondary N) is 2. The summed E-state index contributed by atoms with van der Waals surface area (Å²) in [6.07, 6.45) is 0.161. The van der Waals surface area contributed by atoms with Gasteiger partial charge in [0.1, 0.15) is 24.2 Å². The third-order valence-corrected chi connectivity index (χ3v) is 5.65. The van der Waals surface area contributed by atoms with E-state index in [9.17, 15) is 33.6 Å². The number of amides is 3. The van der Waals surface area contributed by atoms with Gasteiger partial charge in [-0.2, -0.15) is 0 Å². The highest BCUT2D eigenvalue weighted by Crippen LogP contribution is 2.21. The van der Waals surface area contributed by atoms with E-state index < -0.39 is 66.5 Å². The van der Waals surface area contributed by atoms with E-state index in [2.05, 4.69) is 10.6 Å². The van der Waals surface area contributed by atoms with Crippen LogP contribution in [-0.2, 0) is 33.6 Å². The zero-order chi connectivity index (χ0) is 26.7. The molecule has 1 aliphatic rings. The van der Waals surface area contributed by atoms with Gasteiger partial charge in [-0.1, -0.05) is 13.8 Å². The minimum Gasteiger partial charge on any atom is -0.481 e. The molecule has 0 aliphatic carbocycles. The second kappa shape index (κ2) is 14.2. The van der Waals surface area contributed by atoms with Crippen molar-refractivity contribution in [2.75, 3.05) is 6.54 Å². The molecular weight excluding hydrogens is 462 g/mol. The van der Waals surface area contributed by atoms with Crippen molar-refractivity contribution in [3.8, 4) is 0 Å². The van der Waals surface area contributed by atoms with Gasteiger partial charge in [-0.15, -0.1) is 0 Å². The van der Waals surface area contributed by atoms with E-state index in [0.717, 1.165) is 0 Å². The predicted octanol–water partition coefficient (Wildman–Crippen LogP) is 0.127. The van der Waals surface area contributed by atoms with E-state index in [4.69, 9.17) is 10.2 Å². The van der Waals surface area contributed by atoms with Crippen molar-refractivity contribution in [2.45, 2.75) is 83.8 Å². The molecule has 35 heavy (non-hydrogen) atoms. The number of aldehydes is 1. The van der Waals surface area contributed by atoms with Crippen molar-refractivity contribution in [3.05, 3.63) is 0 Å². The Bertz CT molecular complexity index is 827. The molecule has 12 nitrogen and oxygen atoms in total. The number of carboxylic acid groups (broad SMARTS) is 2. The Kier molecular flexibility index (Phi) is 12.0. The van der Waals surface area contributed by atoms with Gasteiger partial charge in [0, 0.05) is 25.3 Å². The number of hydrogen-bond acceptors (Lipinski definition) is 7. The molecule has 3 amide bonds. The molecule has 1 saturated heterocycles. The molecule has 0 radical (unpaired) electrons. The fourth-order valence-corrected chi connectivity index (χ4v) is 4.12. The van der Waals surface area contributed by atoms with Gasteiger partial charge in [-0.3, -0.25) is 24.0 Å². The van der Waals surface area contributed by atoms with Gasteiger partial charge < -0.3 is 35.3 Å². The Hall–Kier alpha value is -3.31. The molecule has 12 heteroatoms. The van der Waals surface area contributed by atoms with E-state index in [1.54, 1.807) is 0 Å². The monoisotopic (exact) mass is 497 g/mol. The van der Waals surface area contributed by atoms with E-state index in [-0.39, 0.29) is 37.5 Å². The number of ketones is 1. The van der Waals surface area contributed by atoms with Gasteiger partial charge in [-0.05, 0) is 38.5 Å². The summed E-state index contributed by atoms with van der Waals surface area (Å²) in [4.78, 5) is 84.9. The summed E-state index contributed by atoms with van der Waals surface area (Å²) in [6, 6.07) is -3.48. The van der Waals surface area contributed by atoms with Crippen LogP contribution >= 0.6 is 0 Å². The summed E-state index contributed by atoms with van der Waals surface area (Å²) >= 11 is 0. The zero-order valence-electron chi connectivity index (χ0n) is 20.3. The first-order valence-electron chi connectivity index (χ1n) is 11.6. The normalized spacial score (nSPS) is 17.8. The van der Waals surface area contributed by atoms with Crippen LogP contribution in [-0.4, -0.2) is 81.5 Å². The average Bonchev–Trinajstić information content (AvgIpc) is 3.23. The maximum atomic E-state index is 13.3. The minimum atomic E-state index is -1.28. The number of hydrogen-bond donors (Lipinski definition) is 4. The van der Waals surface area contributed by atoms with Crippen molar-refractivity contribution >= 4 is 41.7 Å². The first-order valence-corrected chi connectivity index (χ1v) is 11.6. The number of nitrogens with zero attached hydrogens (tertiary/aromatic N) is 1. The molecule has 0 spiro atoms. The highest BCUT2D eigenvalue weighted by Gasteiger charge is 2.39. The van der Waals surface area contributed by atoms with E-state index in [0.29, 0.717) is 19.1 Å². The lowest BCUT2D eigenvalue weighted by Crippen LogP contribution is -2.55. The lowest BCUT2D eigenvalue weighted by atomic mass is 9.91. The van der Waals surface area contributed by atoms with E-state index in [1.807, 2.05) is 13.8 Å². The van der Waals surface area contributed by atoms with Crippen molar-refractivity contribution in [2.24, 2.45) is 11.8 Å². The van der Waals surface area contributed by atoms with Crippen LogP contribution in [0.3, 0.4) is 0 Å². The second-order valence-corrected chi connectivity index (χ2v) is 9.26. The lowest BCUT2D eigenvalue weighted by Gasteiger charge is -2.30. The molecule has 1 aliphatic heterocycles. The minimum absolute atomic E-state index is 0.0186. The summed E-state index contributed by atoms with van der Waals surface area (Å²) in [5.74, 6) is -5.12. The summed E-state index contributed by atoms with van der Waals surface area (Å²) in [6.45, 7) is 5.30. The fourth-order valence-electron chi connectivity index (χ4n) is 4.12. The van der Waals surface area contributed by atoms with Crippen LogP contribution in [0.4, 0.5) is 0 Å². The van der Waals surface area contributed by atoms with Gasteiger partial charge in [0.15, 0.2) is 0 Å². The van der Waals surface area contributed by atoms with Gasteiger partial charge in [-0.25, -0.2) is 0 Å². The highest BCUT2D eigenvalue weighted by atomic mass is 16.4. The molecule has 4 N–H and O–H groups in total. The Morgan fingerprint density at radius 3 is 2.20 bits per heavy atom. The molecule has 0 bridgehead atoms. The number of carbonyl (C=O) groups excluding carboxylic acids is 5. The summed E-state index contributed by atoms with van der Waals surface area (Å²) < 4.78 is 0. The predicted molar refractivity (Wildman–Crippen MR) is 122 cm³/mol. The zero-order valence-corrected chi connectivity index (χ0v) is 20.3. The maximum absolute atomic E-state index is 13.3. The van der Waals surface area contributed by atoms with Gasteiger partial charge >= 0.3 is 11.9 Å². The van der Waals surface area contributed by atoms with Crippen LogP contribution in [0, 0.1) is 11.8 Å². The molecular formula is C23H35N3O9.